The average Bonchev–Trinajstić information content (AvgIpc) is 2.90. The van der Waals surface area contributed by atoms with Gasteiger partial charge in [0.2, 0.25) is 5.91 Å². The van der Waals surface area contributed by atoms with Crippen molar-refractivity contribution in [3.05, 3.63) is 34.9 Å². The molecule has 1 heterocycles. The van der Waals surface area contributed by atoms with Crippen molar-refractivity contribution < 1.29 is 4.79 Å². The van der Waals surface area contributed by atoms with Gasteiger partial charge in [0.25, 0.3) is 0 Å². The van der Waals surface area contributed by atoms with Gasteiger partial charge in [0.05, 0.1) is 0 Å². The molecule has 2 saturated carbocycles. The summed E-state index contributed by atoms with van der Waals surface area (Å²) in [6.45, 7) is 2.64. The Kier molecular flexibility index (Phi) is 3.66. The van der Waals surface area contributed by atoms with Crippen molar-refractivity contribution in [3.63, 3.8) is 0 Å². The number of fused-ring (bicyclic) bond motifs is 2. The standard InChI is InChI=1S/C18H25N3O/c19-17-8-13-6-14(7-16(13)17)18(22)21-10-12-3-1-2-11-9-20-5-4-15(11)12/h1-3,13-14,16-17,20H,4-10,19H2,(H,21,22)/t13-,14?,16-,17+/m0/s1. The highest BCUT2D eigenvalue weighted by Gasteiger charge is 2.47. The third-order valence-corrected chi connectivity index (χ3v) is 5.94. The molecule has 3 aliphatic rings. The first-order valence-electron chi connectivity index (χ1n) is 8.56. The monoisotopic (exact) mass is 299 g/mol. The SMILES string of the molecule is N[C@@H]1C[C@@H]2CC(C(=O)NCc3cccc4c3CCNC4)C[C@@H]21. The topological polar surface area (TPSA) is 67.2 Å². The van der Waals surface area contributed by atoms with Gasteiger partial charge in [-0.05, 0) is 60.8 Å². The third kappa shape index (κ3) is 2.44. The lowest BCUT2D eigenvalue weighted by atomic mass is 9.72. The fraction of sp³-hybridized carbons (Fsp3) is 0.611. The maximum Gasteiger partial charge on any atom is 0.223 e. The predicted octanol–water partition coefficient (Wildman–Crippen LogP) is 1.32. The van der Waals surface area contributed by atoms with E-state index in [0.717, 1.165) is 38.8 Å². The molecule has 118 valence electrons. The lowest BCUT2D eigenvalue weighted by Gasteiger charge is -2.37. The number of amides is 1. The summed E-state index contributed by atoms with van der Waals surface area (Å²) in [5.74, 6) is 1.73. The number of hydrogen-bond donors (Lipinski definition) is 3. The molecule has 1 amide bonds. The molecule has 4 rings (SSSR count). The van der Waals surface area contributed by atoms with Crippen LogP contribution in [0.5, 0.6) is 0 Å². The van der Waals surface area contributed by atoms with Crippen LogP contribution in [0.4, 0.5) is 0 Å². The second kappa shape index (κ2) is 5.67. The van der Waals surface area contributed by atoms with Crippen molar-refractivity contribution in [3.8, 4) is 0 Å². The molecule has 2 fully saturated rings. The number of nitrogens with two attached hydrogens (primary N) is 1. The molecular weight excluding hydrogens is 274 g/mol. The van der Waals surface area contributed by atoms with E-state index in [1.807, 2.05) is 0 Å². The Hall–Kier alpha value is -1.39. The fourth-order valence-corrected chi connectivity index (χ4v) is 4.60. The van der Waals surface area contributed by atoms with Crippen LogP contribution in [0.1, 0.15) is 36.0 Å². The highest BCUT2D eigenvalue weighted by atomic mass is 16.1. The van der Waals surface area contributed by atoms with Crippen molar-refractivity contribution in [1.29, 1.82) is 0 Å². The van der Waals surface area contributed by atoms with Gasteiger partial charge in [-0.25, -0.2) is 0 Å². The minimum absolute atomic E-state index is 0.185. The van der Waals surface area contributed by atoms with Crippen LogP contribution in [0.25, 0.3) is 0 Å². The van der Waals surface area contributed by atoms with Crippen molar-refractivity contribution >= 4 is 5.91 Å². The Morgan fingerprint density at radius 3 is 3.05 bits per heavy atom. The summed E-state index contributed by atoms with van der Waals surface area (Å²) in [4.78, 5) is 12.4. The molecule has 0 aromatic heterocycles. The van der Waals surface area contributed by atoms with E-state index >= 15 is 0 Å². The summed E-state index contributed by atoms with van der Waals surface area (Å²) in [5, 5.41) is 6.57. The molecule has 0 spiro atoms. The summed E-state index contributed by atoms with van der Waals surface area (Å²) in [6, 6.07) is 6.78. The predicted molar refractivity (Wildman–Crippen MR) is 86.0 cm³/mol. The van der Waals surface area contributed by atoms with Crippen molar-refractivity contribution in [2.24, 2.45) is 23.5 Å². The zero-order valence-corrected chi connectivity index (χ0v) is 13.0. The summed E-state index contributed by atoms with van der Waals surface area (Å²) < 4.78 is 0. The zero-order valence-electron chi connectivity index (χ0n) is 13.0. The van der Waals surface area contributed by atoms with E-state index in [-0.39, 0.29) is 11.8 Å². The van der Waals surface area contributed by atoms with E-state index in [0.29, 0.717) is 24.4 Å². The number of benzene rings is 1. The van der Waals surface area contributed by atoms with E-state index in [1.54, 1.807) is 0 Å². The van der Waals surface area contributed by atoms with Gasteiger partial charge < -0.3 is 16.4 Å². The lowest BCUT2D eigenvalue weighted by molar-refractivity contribution is -0.125. The average molecular weight is 299 g/mol. The Balaban J connectivity index is 1.38. The van der Waals surface area contributed by atoms with Gasteiger partial charge >= 0.3 is 0 Å². The molecule has 1 aliphatic heterocycles. The molecule has 0 bridgehead atoms. The highest BCUT2D eigenvalue weighted by Crippen LogP contribution is 2.48. The maximum absolute atomic E-state index is 12.4. The van der Waals surface area contributed by atoms with Crippen molar-refractivity contribution in [2.75, 3.05) is 6.54 Å². The molecule has 4 nitrogen and oxygen atoms in total. The molecule has 4 atom stereocenters. The third-order valence-electron chi connectivity index (χ3n) is 5.94. The minimum atomic E-state index is 0.185. The van der Waals surface area contributed by atoms with Crippen LogP contribution in [-0.4, -0.2) is 18.5 Å². The molecule has 4 N–H and O–H groups in total. The number of rotatable bonds is 3. The van der Waals surface area contributed by atoms with Crippen LogP contribution < -0.4 is 16.4 Å². The number of nitrogens with one attached hydrogen (secondary N) is 2. The Bertz CT molecular complexity index is 586. The molecular formula is C18H25N3O. The number of carbonyl (C=O) groups excluding carboxylic acids is 1. The smallest absolute Gasteiger partial charge is 0.223 e. The molecule has 0 radical (unpaired) electrons. The van der Waals surface area contributed by atoms with Gasteiger partial charge in [-0.3, -0.25) is 4.79 Å². The Morgan fingerprint density at radius 1 is 1.32 bits per heavy atom. The van der Waals surface area contributed by atoms with E-state index in [1.165, 1.54) is 16.7 Å². The first-order chi connectivity index (χ1) is 10.7. The fourth-order valence-electron chi connectivity index (χ4n) is 4.60. The molecule has 1 aromatic carbocycles. The molecule has 1 unspecified atom stereocenters. The second-order valence-corrected chi connectivity index (χ2v) is 7.19. The summed E-state index contributed by atoms with van der Waals surface area (Å²) >= 11 is 0. The largest absolute Gasteiger partial charge is 0.352 e. The van der Waals surface area contributed by atoms with Gasteiger partial charge in [0.1, 0.15) is 0 Å². The van der Waals surface area contributed by atoms with Gasteiger partial charge in [-0.2, -0.15) is 0 Å². The maximum atomic E-state index is 12.4. The first-order valence-corrected chi connectivity index (χ1v) is 8.56. The van der Waals surface area contributed by atoms with Gasteiger partial charge in [-0.1, -0.05) is 18.2 Å². The number of carbonyl (C=O) groups is 1. The molecule has 22 heavy (non-hydrogen) atoms. The number of hydrogen-bond acceptors (Lipinski definition) is 3. The Morgan fingerprint density at radius 2 is 2.23 bits per heavy atom. The molecule has 2 aliphatic carbocycles. The molecule has 4 heteroatoms. The quantitative estimate of drug-likeness (QED) is 0.788. The van der Waals surface area contributed by atoms with E-state index in [2.05, 4.69) is 28.8 Å². The normalized spacial score (nSPS) is 32.8. The van der Waals surface area contributed by atoms with E-state index in [9.17, 15) is 4.79 Å². The summed E-state index contributed by atoms with van der Waals surface area (Å²) in [5.41, 5.74) is 10.1. The zero-order chi connectivity index (χ0) is 15.1. The van der Waals surface area contributed by atoms with Crippen molar-refractivity contribution in [1.82, 2.24) is 10.6 Å². The van der Waals surface area contributed by atoms with Crippen LogP contribution in [-0.2, 0) is 24.3 Å². The van der Waals surface area contributed by atoms with Crippen LogP contribution in [0, 0.1) is 17.8 Å². The van der Waals surface area contributed by atoms with Crippen LogP contribution in [0.2, 0.25) is 0 Å². The van der Waals surface area contributed by atoms with E-state index in [4.69, 9.17) is 5.73 Å². The van der Waals surface area contributed by atoms with Crippen LogP contribution in [0.15, 0.2) is 18.2 Å². The Labute approximate surface area is 131 Å². The minimum Gasteiger partial charge on any atom is -0.352 e. The van der Waals surface area contributed by atoms with Gasteiger partial charge in [0, 0.05) is 25.0 Å². The molecule has 1 aromatic rings. The summed E-state index contributed by atoms with van der Waals surface area (Å²) in [7, 11) is 0. The second-order valence-electron chi connectivity index (χ2n) is 7.19. The summed E-state index contributed by atoms with van der Waals surface area (Å²) in [6.07, 6.45) is 4.22. The van der Waals surface area contributed by atoms with Crippen LogP contribution >= 0.6 is 0 Å². The highest BCUT2D eigenvalue weighted by molar-refractivity contribution is 5.79. The van der Waals surface area contributed by atoms with Gasteiger partial charge in [0.15, 0.2) is 0 Å². The van der Waals surface area contributed by atoms with Crippen molar-refractivity contribution in [2.45, 2.75) is 44.8 Å². The lowest BCUT2D eigenvalue weighted by Crippen LogP contribution is -2.44. The van der Waals surface area contributed by atoms with E-state index < -0.39 is 0 Å². The molecule has 0 saturated heterocycles. The van der Waals surface area contributed by atoms with Gasteiger partial charge in [-0.15, -0.1) is 0 Å². The van der Waals surface area contributed by atoms with Crippen LogP contribution in [0.3, 0.4) is 0 Å². The first kappa shape index (κ1) is 14.2.